The summed E-state index contributed by atoms with van der Waals surface area (Å²) in [6, 6.07) is 19.8. The van der Waals surface area contributed by atoms with Gasteiger partial charge in [0.2, 0.25) is 5.91 Å². The third kappa shape index (κ3) is 7.18. The number of carbonyl (C=O) groups is 1. The Morgan fingerprint density at radius 1 is 0.977 bits per heavy atom. The van der Waals surface area contributed by atoms with Gasteiger partial charge in [0.25, 0.3) is 5.56 Å². The fourth-order valence-electron chi connectivity index (χ4n) is 5.31. The molecule has 1 N–H and O–H groups in total. The zero-order valence-corrected chi connectivity index (χ0v) is 25.1. The van der Waals surface area contributed by atoms with Crippen molar-refractivity contribution in [1.29, 1.82) is 0 Å². The van der Waals surface area contributed by atoms with Crippen molar-refractivity contribution in [1.82, 2.24) is 19.4 Å². The fourth-order valence-corrected chi connectivity index (χ4v) is 5.31. The first-order valence-corrected chi connectivity index (χ1v) is 14.9. The van der Waals surface area contributed by atoms with E-state index in [2.05, 4.69) is 36.0 Å². The highest BCUT2D eigenvalue weighted by Gasteiger charge is 2.20. The second-order valence-corrected chi connectivity index (χ2v) is 10.8. The van der Waals surface area contributed by atoms with Gasteiger partial charge in [0, 0.05) is 44.8 Å². The standard InChI is InChI=1S/C34H39FN6O2/c1-4-39(5-2)18-17-33(42)36-26-14-11-25(12-15-26)13-16-32-37-30-24-31(40-21-19-38(3)20-22-40)29(35)23-28(30)34(43)41(32)27-9-7-6-8-10-27/h6-16,23-24H,4-5,17-22H2,1-3H3,(H,36,42)/b16-13+. The van der Waals surface area contributed by atoms with E-state index in [-0.39, 0.29) is 16.9 Å². The van der Waals surface area contributed by atoms with Crippen LogP contribution in [-0.4, -0.2) is 78.1 Å². The predicted molar refractivity (Wildman–Crippen MR) is 173 cm³/mol. The molecule has 0 unspecified atom stereocenters. The molecule has 43 heavy (non-hydrogen) atoms. The lowest BCUT2D eigenvalue weighted by molar-refractivity contribution is -0.116. The normalized spacial score (nSPS) is 14.2. The molecule has 0 atom stereocenters. The van der Waals surface area contributed by atoms with E-state index in [9.17, 15) is 9.59 Å². The highest BCUT2D eigenvalue weighted by atomic mass is 19.1. The summed E-state index contributed by atoms with van der Waals surface area (Å²) in [7, 11) is 2.05. The number of benzene rings is 3. The van der Waals surface area contributed by atoms with Crippen LogP contribution in [0.25, 0.3) is 28.7 Å². The monoisotopic (exact) mass is 582 g/mol. The molecule has 0 spiro atoms. The molecule has 224 valence electrons. The second-order valence-electron chi connectivity index (χ2n) is 10.8. The van der Waals surface area contributed by atoms with E-state index >= 15 is 4.39 Å². The van der Waals surface area contributed by atoms with E-state index in [0.717, 1.165) is 44.0 Å². The van der Waals surface area contributed by atoms with Crippen LogP contribution in [0, 0.1) is 5.82 Å². The maximum Gasteiger partial charge on any atom is 0.266 e. The summed E-state index contributed by atoms with van der Waals surface area (Å²) in [5, 5.41) is 3.19. The number of para-hydroxylation sites is 1. The first-order chi connectivity index (χ1) is 20.9. The Morgan fingerprint density at radius 3 is 2.35 bits per heavy atom. The number of amides is 1. The minimum absolute atomic E-state index is 0.0187. The lowest BCUT2D eigenvalue weighted by atomic mass is 10.1. The Bertz CT molecular complexity index is 1640. The molecule has 0 saturated carbocycles. The van der Waals surface area contributed by atoms with Gasteiger partial charge < -0.3 is 20.0 Å². The van der Waals surface area contributed by atoms with E-state index in [1.807, 2.05) is 65.6 Å². The highest BCUT2D eigenvalue weighted by Crippen LogP contribution is 2.26. The van der Waals surface area contributed by atoms with Gasteiger partial charge in [-0.15, -0.1) is 0 Å². The van der Waals surface area contributed by atoms with Crippen molar-refractivity contribution >= 4 is 40.3 Å². The van der Waals surface area contributed by atoms with Crippen molar-refractivity contribution in [2.24, 2.45) is 0 Å². The summed E-state index contributed by atoms with van der Waals surface area (Å²) in [5.74, 6) is 0.00215. The smallest absolute Gasteiger partial charge is 0.266 e. The number of hydrogen-bond donors (Lipinski definition) is 1. The molecule has 3 aromatic carbocycles. The number of nitrogens with zero attached hydrogens (tertiary/aromatic N) is 5. The minimum Gasteiger partial charge on any atom is -0.367 e. The van der Waals surface area contributed by atoms with E-state index in [1.165, 1.54) is 10.6 Å². The first kappa shape index (κ1) is 30.1. The van der Waals surface area contributed by atoms with Crippen LogP contribution in [0.3, 0.4) is 0 Å². The molecule has 8 nitrogen and oxygen atoms in total. The number of nitrogens with one attached hydrogen (secondary N) is 1. The van der Waals surface area contributed by atoms with Gasteiger partial charge in [0.15, 0.2) is 0 Å². The Hall–Kier alpha value is -4.34. The number of carbonyl (C=O) groups excluding carboxylic acids is 1. The van der Waals surface area contributed by atoms with Crippen LogP contribution >= 0.6 is 0 Å². The summed E-state index contributed by atoms with van der Waals surface area (Å²) < 4.78 is 16.8. The fraction of sp³-hybridized carbons (Fsp3) is 0.324. The maximum absolute atomic E-state index is 15.3. The number of piperazine rings is 1. The third-order valence-corrected chi connectivity index (χ3v) is 7.99. The van der Waals surface area contributed by atoms with Crippen LogP contribution in [0.1, 0.15) is 31.7 Å². The highest BCUT2D eigenvalue weighted by molar-refractivity contribution is 5.91. The number of rotatable bonds is 10. The molecular weight excluding hydrogens is 543 g/mol. The van der Waals surface area contributed by atoms with Crippen molar-refractivity contribution < 1.29 is 9.18 Å². The van der Waals surface area contributed by atoms with Crippen LogP contribution in [0.15, 0.2) is 71.5 Å². The van der Waals surface area contributed by atoms with E-state index in [0.29, 0.717) is 42.2 Å². The lowest BCUT2D eigenvalue weighted by Gasteiger charge is -2.34. The van der Waals surface area contributed by atoms with Crippen molar-refractivity contribution in [2.75, 3.05) is 63.1 Å². The molecule has 2 heterocycles. The zero-order valence-electron chi connectivity index (χ0n) is 25.1. The molecular formula is C34H39FN6O2. The molecule has 1 aromatic heterocycles. The summed E-state index contributed by atoms with van der Waals surface area (Å²) in [5.41, 5.74) is 2.84. The molecule has 1 aliphatic rings. The van der Waals surface area contributed by atoms with E-state index in [1.54, 1.807) is 12.1 Å². The molecule has 0 radical (unpaired) electrons. The van der Waals surface area contributed by atoms with Crippen LogP contribution in [0.2, 0.25) is 0 Å². The number of halogens is 1. The Balaban J connectivity index is 1.44. The molecule has 1 fully saturated rings. The Labute approximate surface area is 252 Å². The number of likely N-dealkylation sites (N-methyl/N-ethyl adjacent to an activating group) is 1. The number of hydrogen-bond acceptors (Lipinski definition) is 6. The average molecular weight is 583 g/mol. The summed E-state index contributed by atoms with van der Waals surface area (Å²) in [6.45, 7) is 9.84. The minimum atomic E-state index is -0.418. The summed E-state index contributed by atoms with van der Waals surface area (Å²) in [6.07, 6.45) is 4.11. The topological polar surface area (TPSA) is 73.7 Å². The van der Waals surface area contributed by atoms with Crippen molar-refractivity contribution in [2.45, 2.75) is 20.3 Å². The van der Waals surface area contributed by atoms with Crippen LogP contribution in [0.5, 0.6) is 0 Å². The SMILES string of the molecule is CCN(CC)CCC(=O)Nc1ccc(/C=C/c2nc3cc(N4CCN(C)CC4)c(F)cc3c(=O)n2-c2ccccc2)cc1. The Kier molecular flexibility index (Phi) is 9.64. The van der Waals surface area contributed by atoms with Gasteiger partial charge in [-0.25, -0.2) is 9.37 Å². The van der Waals surface area contributed by atoms with Gasteiger partial charge in [0.05, 0.1) is 22.3 Å². The molecule has 9 heteroatoms. The van der Waals surface area contributed by atoms with Crippen LogP contribution in [0.4, 0.5) is 15.8 Å². The van der Waals surface area contributed by atoms with Gasteiger partial charge in [0.1, 0.15) is 11.6 Å². The van der Waals surface area contributed by atoms with Crippen LogP contribution in [-0.2, 0) is 4.79 Å². The summed E-state index contributed by atoms with van der Waals surface area (Å²) in [4.78, 5) is 37.5. The zero-order chi connectivity index (χ0) is 30.3. The molecule has 1 amide bonds. The van der Waals surface area contributed by atoms with Gasteiger partial charge in [-0.3, -0.25) is 14.2 Å². The number of anilines is 2. The van der Waals surface area contributed by atoms with Crippen molar-refractivity contribution in [3.8, 4) is 5.69 Å². The van der Waals surface area contributed by atoms with Gasteiger partial charge in [-0.1, -0.05) is 50.3 Å². The molecule has 1 aliphatic heterocycles. The average Bonchev–Trinajstić information content (AvgIpc) is 3.02. The van der Waals surface area contributed by atoms with Gasteiger partial charge in [-0.2, -0.15) is 0 Å². The number of aromatic nitrogens is 2. The largest absolute Gasteiger partial charge is 0.367 e. The van der Waals surface area contributed by atoms with Crippen LogP contribution < -0.4 is 15.8 Å². The lowest BCUT2D eigenvalue weighted by Crippen LogP contribution is -2.44. The van der Waals surface area contributed by atoms with Crippen molar-refractivity contribution in [3.63, 3.8) is 0 Å². The van der Waals surface area contributed by atoms with Gasteiger partial charge in [-0.05, 0) is 68.2 Å². The van der Waals surface area contributed by atoms with E-state index < -0.39 is 5.82 Å². The van der Waals surface area contributed by atoms with E-state index in [4.69, 9.17) is 4.98 Å². The maximum atomic E-state index is 15.3. The molecule has 1 saturated heterocycles. The summed E-state index contributed by atoms with van der Waals surface area (Å²) >= 11 is 0. The molecule has 0 aliphatic carbocycles. The molecule has 4 aromatic rings. The predicted octanol–water partition coefficient (Wildman–Crippen LogP) is 5.12. The second kappa shape index (κ2) is 13.8. The molecule has 0 bridgehead atoms. The molecule has 5 rings (SSSR count). The first-order valence-electron chi connectivity index (χ1n) is 14.9. The number of fused-ring (bicyclic) bond motifs is 1. The quantitative estimate of drug-likeness (QED) is 0.280. The Morgan fingerprint density at radius 2 is 1.67 bits per heavy atom. The third-order valence-electron chi connectivity index (χ3n) is 7.99. The van der Waals surface area contributed by atoms with Crippen molar-refractivity contribution in [3.05, 3.63) is 94.3 Å². The van der Waals surface area contributed by atoms with Gasteiger partial charge >= 0.3 is 0 Å².